The predicted molar refractivity (Wildman–Crippen MR) is 105 cm³/mol. The lowest BCUT2D eigenvalue weighted by molar-refractivity contribution is -0.0574. The smallest absolute Gasteiger partial charge is 0.342 e. The summed E-state index contributed by atoms with van der Waals surface area (Å²) < 4.78 is 30.4. The van der Waals surface area contributed by atoms with Crippen LogP contribution in [0.3, 0.4) is 0 Å². The highest BCUT2D eigenvalue weighted by Crippen LogP contribution is 2.40. The van der Waals surface area contributed by atoms with Gasteiger partial charge in [0.25, 0.3) is 0 Å². The molecule has 1 aliphatic rings. The van der Waals surface area contributed by atoms with E-state index in [4.69, 9.17) is 13.9 Å². The third kappa shape index (κ3) is 3.28. The van der Waals surface area contributed by atoms with Gasteiger partial charge in [-0.3, -0.25) is 0 Å². The molecule has 1 aliphatic heterocycles. The maximum absolute atomic E-state index is 13.3. The molecule has 0 radical (unpaired) electrons. The fourth-order valence-corrected chi connectivity index (χ4v) is 3.80. The van der Waals surface area contributed by atoms with E-state index in [9.17, 15) is 14.3 Å². The molecule has 3 aromatic rings. The van der Waals surface area contributed by atoms with E-state index in [0.29, 0.717) is 45.6 Å². The van der Waals surface area contributed by atoms with Gasteiger partial charge in [-0.15, -0.1) is 0 Å². The highest BCUT2D eigenvalue weighted by atomic mass is 79.9. The van der Waals surface area contributed by atoms with Gasteiger partial charge in [0, 0.05) is 28.0 Å². The van der Waals surface area contributed by atoms with Crippen molar-refractivity contribution in [2.75, 3.05) is 24.7 Å². The number of halogens is 2. The van der Waals surface area contributed by atoms with Crippen molar-refractivity contribution in [2.45, 2.75) is 13.3 Å². The van der Waals surface area contributed by atoms with Crippen molar-refractivity contribution in [1.82, 2.24) is 0 Å². The average Bonchev–Trinajstić information content (AvgIpc) is 3.25. The first-order valence-electron chi connectivity index (χ1n) is 8.75. The van der Waals surface area contributed by atoms with E-state index in [2.05, 4.69) is 15.9 Å². The summed E-state index contributed by atoms with van der Waals surface area (Å²) in [7, 11) is 0. The standard InChI is InChI=1S/C20H17BrFNO5/c1-2-26-19(24)17-13-9-14(21)15(23-7-8-27-20(23)25)10-16(13)28-18(17)11-3-5-12(22)6-4-11/h3-6,9-10,20,25H,2,7-8H2,1H3. The molecular weight excluding hydrogens is 433 g/mol. The lowest BCUT2D eigenvalue weighted by Gasteiger charge is -2.21. The minimum atomic E-state index is -1.05. The highest BCUT2D eigenvalue weighted by molar-refractivity contribution is 9.10. The average molecular weight is 450 g/mol. The topological polar surface area (TPSA) is 72.1 Å². The number of aliphatic hydroxyl groups is 1. The quantitative estimate of drug-likeness (QED) is 0.598. The van der Waals surface area contributed by atoms with Gasteiger partial charge < -0.3 is 23.9 Å². The van der Waals surface area contributed by atoms with E-state index in [1.54, 1.807) is 36.1 Å². The number of hydrogen-bond donors (Lipinski definition) is 1. The molecule has 1 saturated heterocycles. The lowest BCUT2D eigenvalue weighted by Crippen LogP contribution is -2.29. The number of benzene rings is 2. The van der Waals surface area contributed by atoms with Crippen molar-refractivity contribution in [3.8, 4) is 11.3 Å². The number of ether oxygens (including phenoxy) is 2. The summed E-state index contributed by atoms with van der Waals surface area (Å²) in [5.41, 5.74) is 1.95. The van der Waals surface area contributed by atoms with Crippen LogP contribution < -0.4 is 4.90 Å². The summed E-state index contributed by atoms with van der Waals surface area (Å²) in [6.07, 6.45) is -1.05. The normalized spacial score (nSPS) is 16.7. The number of carbonyl (C=O) groups excluding carboxylic acids is 1. The summed E-state index contributed by atoms with van der Waals surface area (Å²) in [4.78, 5) is 14.3. The molecule has 0 aliphatic carbocycles. The van der Waals surface area contributed by atoms with Crippen molar-refractivity contribution in [1.29, 1.82) is 0 Å². The second-order valence-electron chi connectivity index (χ2n) is 6.22. The molecule has 1 atom stereocenters. The largest absolute Gasteiger partial charge is 0.462 e. The van der Waals surface area contributed by atoms with Crippen LogP contribution in [-0.4, -0.2) is 37.2 Å². The molecule has 0 saturated carbocycles. The van der Waals surface area contributed by atoms with Gasteiger partial charge in [0.15, 0.2) is 0 Å². The Morgan fingerprint density at radius 3 is 2.75 bits per heavy atom. The van der Waals surface area contributed by atoms with Gasteiger partial charge in [0.05, 0.1) is 18.9 Å². The highest BCUT2D eigenvalue weighted by Gasteiger charge is 2.28. The van der Waals surface area contributed by atoms with Crippen molar-refractivity contribution >= 4 is 38.6 Å². The van der Waals surface area contributed by atoms with Crippen LogP contribution in [0.1, 0.15) is 17.3 Å². The fourth-order valence-electron chi connectivity index (χ4n) is 3.23. The van der Waals surface area contributed by atoms with Crippen LogP contribution >= 0.6 is 15.9 Å². The van der Waals surface area contributed by atoms with Crippen LogP contribution in [0.25, 0.3) is 22.3 Å². The maximum Gasteiger partial charge on any atom is 0.342 e. The van der Waals surface area contributed by atoms with Crippen molar-refractivity contribution in [2.24, 2.45) is 0 Å². The molecule has 1 fully saturated rings. The van der Waals surface area contributed by atoms with Crippen LogP contribution in [0.4, 0.5) is 10.1 Å². The lowest BCUT2D eigenvalue weighted by atomic mass is 10.1. The number of hydrogen-bond acceptors (Lipinski definition) is 6. The van der Waals surface area contributed by atoms with E-state index in [1.807, 2.05) is 0 Å². The molecule has 8 heteroatoms. The summed E-state index contributed by atoms with van der Waals surface area (Å²) in [6, 6.07) is 9.17. The second kappa shape index (κ2) is 7.54. The van der Waals surface area contributed by atoms with Crippen LogP contribution in [-0.2, 0) is 9.47 Å². The molecular formula is C20H17BrFNO5. The Morgan fingerprint density at radius 1 is 1.36 bits per heavy atom. The van der Waals surface area contributed by atoms with Gasteiger partial charge in [-0.05, 0) is 53.2 Å². The first-order chi connectivity index (χ1) is 13.5. The van der Waals surface area contributed by atoms with Gasteiger partial charge >= 0.3 is 5.97 Å². The Labute approximate surface area is 168 Å². The molecule has 2 aromatic carbocycles. The number of esters is 1. The number of nitrogens with zero attached hydrogens (tertiary/aromatic N) is 1. The van der Waals surface area contributed by atoms with E-state index in [1.165, 1.54) is 12.1 Å². The Bertz CT molecular complexity index is 1030. The van der Waals surface area contributed by atoms with Crippen molar-refractivity contribution in [3.63, 3.8) is 0 Å². The first-order valence-corrected chi connectivity index (χ1v) is 9.54. The number of aliphatic hydroxyl groups excluding tert-OH is 1. The zero-order valence-corrected chi connectivity index (χ0v) is 16.5. The summed E-state index contributed by atoms with van der Waals surface area (Å²) >= 11 is 3.50. The number of anilines is 1. The Morgan fingerprint density at radius 2 is 2.11 bits per heavy atom. The second-order valence-corrected chi connectivity index (χ2v) is 7.08. The minimum absolute atomic E-state index is 0.213. The van der Waals surface area contributed by atoms with E-state index in [-0.39, 0.29) is 18.0 Å². The number of fused-ring (bicyclic) bond motifs is 1. The third-order valence-corrected chi connectivity index (χ3v) is 5.15. The van der Waals surface area contributed by atoms with Crippen molar-refractivity contribution in [3.05, 3.63) is 52.3 Å². The van der Waals surface area contributed by atoms with E-state index in [0.717, 1.165) is 0 Å². The number of carbonyl (C=O) groups is 1. The summed E-state index contributed by atoms with van der Waals surface area (Å²) in [6.45, 7) is 2.85. The van der Waals surface area contributed by atoms with Gasteiger partial charge in [-0.2, -0.15) is 0 Å². The molecule has 1 N–H and O–H groups in total. The van der Waals surface area contributed by atoms with Crippen LogP contribution in [0.5, 0.6) is 0 Å². The van der Waals surface area contributed by atoms with Gasteiger partial charge in [-0.25, -0.2) is 9.18 Å². The monoisotopic (exact) mass is 449 g/mol. The molecule has 28 heavy (non-hydrogen) atoms. The van der Waals surface area contributed by atoms with Gasteiger partial charge in [0.2, 0.25) is 6.41 Å². The van der Waals surface area contributed by atoms with Crippen LogP contribution in [0.2, 0.25) is 0 Å². The molecule has 1 aromatic heterocycles. The first kappa shape index (κ1) is 18.9. The Hall–Kier alpha value is -2.42. The predicted octanol–water partition coefficient (Wildman–Crippen LogP) is 4.29. The zero-order valence-electron chi connectivity index (χ0n) is 14.9. The van der Waals surface area contributed by atoms with Crippen LogP contribution in [0, 0.1) is 5.82 Å². The number of furan rings is 1. The van der Waals surface area contributed by atoms with Crippen molar-refractivity contribution < 1.29 is 28.2 Å². The van der Waals surface area contributed by atoms with E-state index < -0.39 is 12.4 Å². The zero-order chi connectivity index (χ0) is 19.8. The molecule has 0 bridgehead atoms. The SMILES string of the molecule is CCOC(=O)c1c(-c2ccc(F)cc2)oc2cc(N3CCOC3O)c(Br)cc12. The van der Waals surface area contributed by atoms with Crippen LogP contribution in [0.15, 0.2) is 45.3 Å². The number of rotatable bonds is 4. The van der Waals surface area contributed by atoms with Gasteiger partial charge in [-0.1, -0.05) is 0 Å². The molecule has 2 heterocycles. The van der Waals surface area contributed by atoms with Gasteiger partial charge in [0.1, 0.15) is 22.7 Å². The maximum atomic E-state index is 13.3. The summed E-state index contributed by atoms with van der Waals surface area (Å²) in [5.74, 6) is -0.605. The molecule has 1 unspecified atom stereocenters. The summed E-state index contributed by atoms with van der Waals surface area (Å²) in [5, 5.41) is 10.6. The minimum Gasteiger partial charge on any atom is -0.462 e. The Kier molecular flexibility index (Phi) is 5.09. The molecule has 0 spiro atoms. The molecule has 4 rings (SSSR count). The van der Waals surface area contributed by atoms with E-state index >= 15 is 0 Å². The molecule has 146 valence electrons. The molecule has 0 amide bonds. The fraction of sp³-hybridized carbons (Fsp3) is 0.250. The Balaban J connectivity index is 1.91. The third-order valence-electron chi connectivity index (χ3n) is 4.52. The molecule has 6 nitrogen and oxygen atoms in total.